The van der Waals surface area contributed by atoms with Gasteiger partial charge in [0.05, 0.1) is 6.26 Å². The van der Waals surface area contributed by atoms with Crippen molar-refractivity contribution < 1.29 is 4.55 Å². The van der Waals surface area contributed by atoms with E-state index in [1.54, 1.807) is 12.3 Å². The first-order chi connectivity index (χ1) is 3.77. The van der Waals surface area contributed by atoms with Crippen LogP contribution in [-0.4, -0.2) is 16.6 Å². The van der Waals surface area contributed by atoms with Gasteiger partial charge < -0.3 is 4.55 Å². The Hall–Kier alpha value is 0.0500. The number of rotatable bonds is 4. The van der Waals surface area contributed by atoms with Gasteiger partial charge in [0.2, 0.25) is 0 Å². The lowest BCUT2D eigenvalue weighted by molar-refractivity contribution is 0.598. The molecular weight excluding hydrogens is 120 g/mol. The third kappa shape index (κ3) is 6.05. The van der Waals surface area contributed by atoms with Crippen molar-refractivity contribution in [3.63, 3.8) is 0 Å². The topological polar surface area (TPSA) is 23.1 Å². The summed E-state index contributed by atoms with van der Waals surface area (Å²) in [5, 5.41) is 0. The molecule has 2 heteroatoms. The Morgan fingerprint density at radius 3 is 2.75 bits per heavy atom. The number of hydrogen-bond acceptors (Lipinski definition) is 1. The number of unbranched alkanes of at least 4 members (excludes halogenated alkanes) is 1. The van der Waals surface area contributed by atoms with Gasteiger partial charge in [0.25, 0.3) is 0 Å². The third-order valence-corrected chi connectivity index (χ3v) is 1.67. The fourth-order valence-corrected chi connectivity index (χ4v) is 0.978. The van der Waals surface area contributed by atoms with Crippen LogP contribution in [0.1, 0.15) is 12.8 Å². The van der Waals surface area contributed by atoms with Crippen LogP contribution in [0.15, 0.2) is 6.08 Å². The molecule has 0 bridgehead atoms. The Kier molecular flexibility index (Phi) is 5.22. The maximum atomic E-state index is 10.4. The predicted octanol–water partition coefficient (Wildman–Crippen LogP) is 1.13. The Bertz CT molecular complexity index is 61.5. The fourth-order valence-electron chi connectivity index (χ4n) is 0.404. The minimum absolute atomic E-state index is 0.643. The van der Waals surface area contributed by atoms with Crippen molar-refractivity contribution >= 4 is 11.2 Å². The van der Waals surface area contributed by atoms with Crippen LogP contribution in [0.3, 0.4) is 0 Å². The molecule has 0 heterocycles. The van der Waals surface area contributed by atoms with Crippen LogP contribution in [0.25, 0.3) is 0 Å². The average molecular weight is 131 g/mol. The minimum atomic E-state index is -0.643. The molecule has 0 aliphatic heterocycles. The third-order valence-electron chi connectivity index (χ3n) is 0.803. The first-order valence-electron chi connectivity index (χ1n) is 2.61. The van der Waals surface area contributed by atoms with Crippen LogP contribution < -0.4 is 0 Å². The summed E-state index contributed by atoms with van der Waals surface area (Å²) in [6, 6.07) is 0. The Morgan fingerprint density at radius 2 is 2.38 bits per heavy atom. The van der Waals surface area contributed by atoms with E-state index in [0.717, 1.165) is 18.6 Å². The van der Waals surface area contributed by atoms with Crippen LogP contribution in [0, 0.1) is 6.58 Å². The molecule has 0 saturated heterocycles. The van der Waals surface area contributed by atoms with Gasteiger partial charge in [-0.2, -0.15) is 0 Å². The summed E-state index contributed by atoms with van der Waals surface area (Å²) in [6.45, 7) is 5.09. The molecule has 1 atom stereocenters. The van der Waals surface area contributed by atoms with Gasteiger partial charge in [0.15, 0.2) is 0 Å². The molecule has 1 unspecified atom stereocenters. The van der Waals surface area contributed by atoms with Crippen LogP contribution in [-0.2, 0) is 11.2 Å². The molecule has 0 fully saturated rings. The van der Waals surface area contributed by atoms with E-state index in [4.69, 9.17) is 6.58 Å². The normalized spacial score (nSPS) is 13.2. The monoisotopic (exact) mass is 131 g/mol. The van der Waals surface area contributed by atoms with Gasteiger partial charge in [0, 0.05) is 0 Å². The molecule has 47 valence electrons. The van der Waals surface area contributed by atoms with Crippen molar-refractivity contribution in [2.45, 2.75) is 12.8 Å². The molecule has 1 radical (unpaired) electrons. The Balaban J connectivity index is 2.81. The quantitative estimate of drug-likeness (QED) is 0.414. The molecule has 0 spiro atoms. The zero-order valence-electron chi connectivity index (χ0n) is 5.09. The maximum absolute atomic E-state index is 10.4. The number of allylic oxidation sites excluding steroid dienone is 1. The highest BCUT2D eigenvalue weighted by molar-refractivity contribution is 7.90. The Labute approximate surface area is 54.0 Å². The molecule has 1 nitrogen and oxygen atoms in total. The summed E-state index contributed by atoms with van der Waals surface area (Å²) in [5.74, 6) is 0.772. The van der Waals surface area contributed by atoms with E-state index in [1.807, 2.05) is 0 Å². The van der Waals surface area contributed by atoms with Crippen LogP contribution in [0.5, 0.6) is 0 Å². The second-order valence-corrected chi connectivity index (χ2v) is 3.21. The first kappa shape index (κ1) is 8.05. The predicted molar refractivity (Wildman–Crippen MR) is 37.0 cm³/mol. The van der Waals surface area contributed by atoms with Crippen molar-refractivity contribution in [1.29, 1.82) is 0 Å². The summed E-state index contributed by atoms with van der Waals surface area (Å²) in [6.07, 6.45) is 5.13. The van der Waals surface area contributed by atoms with E-state index < -0.39 is 11.2 Å². The van der Waals surface area contributed by atoms with Crippen molar-refractivity contribution in [3.8, 4) is 0 Å². The molecule has 0 aromatic heterocycles. The Morgan fingerprint density at radius 1 is 1.75 bits per heavy atom. The standard InChI is InChI=1S/C6H11OS/c1-3-4-5-6-8(2)7/h1,3H,4-6H2,2H3. The second kappa shape index (κ2) is 5.19. The largest absolute Gasteiger partial charge is 0.617 e. The zero-order valence-corrected chi connectivity index (χ0v) is 5.91. The summed E-state index contributed by atoms with van der Waals surface area (Å²) in [5.41, 5.74) is 0. The van der Waals surface area contributed by atoms with E-state index in [0.29, 0.717) is 0 Å². The van der Waals surface area contributed by atoms with Crippen molar-refractivity contribution in [1.82, 2.24) is 0 Å². The summed E-state index contributed by atoms with van der Waals surface area (Å²) in [4.78, 5) is 0. The lowest BCUT2D eigenvalue weighted by atomic mass is 10.3. The lowest BCUT2D eigenvalue weighted by Crippen LogP contribution is -2.01. The van der Waals surface area contributed by atoms with Gasteiger partial charge in [-0.1, -0.05) is 23.8 Å². The molecule has 0 N–H and O–H groups in total. The first-order valence-corrected chi connectivity index (χ1v) is 4.33. The van der Waals surface area contributed by atoms with Gasteiger partial charge in [-0.25, -0.2) is 0 Å². The van der Waals surface area contributed by atoms with E-state index in [1.165, 1.54) is 0 Å². The molecule has 0 amide bonds. The van der Waals surface area contributed by atoms with E-state index in [-0.39, 0.29) is 0 Å². The van der Waals surface area contributed by atoms with Crippen LogP contribution in [0.4, 0.5) is 0 Å². The summed E-state index contributed by atoms with van der Waals surface area (Å²) in [7, 11) is 0. The molecule has 8 heavy (non-hydrogen) atoms. The van der Waals surface area contributed by atoms with E-state index in [2.05, 4.69) is 0 Å². The van der Waals surface area contributed by atoms with Gasteiger partial charge >= 0.3 is 0 Å². The summed E-state index contributed by atoms with van der Waals surface area (Å²) >= 11 is -0.643. The average Bonchev–Trinajstić information content (AvgIpc) is 1.66. The molecule has 0 rings (SSSR count). The van der Waals surface area contributed by atoms with Gasteiger partial charge in [-0.3, -0.25) is 0 Å². The van der Waals surface area contributed by atoms with E-state index >= 15 is 0 Å². The van der Waals surface area contributed by atoms with Crippen molar-refractivity contribution in [2.24, 2.45) is 0 Å². The van der Waals surface area contributed by atoms with Crippen LogP contribution >= 0.6 is 0 Å². The number of hydrogen-bond donors (Lipinski definition) is 0. The SMILES string of the molecule is [CH]=CCCC[S+](C)[O-]. The highest BCUT2D eigenvalue weighted by atomic mass is 32.2. The minimum Gasteiger partial charge on any atom is -0.617 e. The van der Waals surface area contributed by atoms with E-state index in [9.17, 15) is 4.55 Å². The van der Waals surface area contributed by atoms with Gasteiger partial charge in [0.1, 0.15) is 5.75 Å². The van der Waals surface area contributed by atoms with Crippen molar-refractivity contribution in [2.75, 3.05) is 12.0 Å². The zero-order chi connectivity index (χ0) is 6.41. The van der Waals surface area contributed by atoms with Gasteiger partial charge in [-0.15, -0.1) is 0 Å². The highest BCUT2D eigenvalue weighted by Gasteiger charge is 1.92. The molecule has 0 aliphatic carbocycles. The fraction of sp³-hybridized carbons (Fsp3) is 0.667. The smallest absolute Gasteiger partial charge is 0.105 e. The maximum Gasteiger partial charge on any atom is 0.105 e. The van der Waals surface area contributed by atoms with Crippen molar-refractivity contribution in [3.05, 3.63) is 12.7 Å². The molecule has 0 saturated carbocycles. The second-order valence-electron chi connectivity index (χ2n) is 1.66. The molecular formula is C6H11OS. The lowest BCUT2D eigenvalue weighted by Gasteiger charge is -2.01. The van der Waals surface area contributed by atoms with Crippen LogP contribution in [0.2, 0.25) is 0 Å². The van der Waals surface area contributed by atoms with Gasteiger partial charge in [-0.05, 0) is 12.8 Å². The molecule has 0 aromatic carbocycles. The molecule has 0 aliphatic rings. The summed E-state index contributed by atoms with van der Waals surface area (Å²) < 4.78 is 10.4. The molecule has 0 aromatic rings. The highest BCUT2D eigenvalue weighted by Crippen LogP contribution is 1.93.